The van der Waals surface area contributed by atoms with Gasteiger partial charge in [0.05, 0.1) is 12.2 Å². The number of carbonyl (C=O) groups is 2. The highest BCUT2D eigenvalue weighted by atomic mass is 16.5. The molecule has 0 radical (unpaired) electrons. The standard InChI is InChI=1S/C18H16N2O4/c21-17-10-23-16-8-12(5-6-14(16)20-17)18(22)19-9-13-7-11-3-1-2-4-15(11)24-13/h1-6,8,13H,7,9-10H2,(H,19,22)(H,20,21)/t13-/m0/s1. The molecule has 0 fully saturated rings. The predicted molar refractivity (Wildman–Crippen MR) is 87.5 cm³/mol. The van der Waals surface area contributed by atoms with Crippen LogP contribution < -0.4 is 20.1 Å². The van der Waals surface area contributed by atoms with Crippen molar-refractivity contribution in [1.29, 1.82) is 0 Å². The summed E-state index contributed by atoms with van der Waals surface area (Å²) in [5, 5.41) is 5.58. The number of benzene rings is 2. The Morgan fingerprint density at radius 1 is 1.21 bits per heavy atom. The lowest BCUT2D eigenvalue weighted by Crippen LogP contribution is -2.34. The van der Waals surface area contributed by atoms with E-state index in [9.17, 15) is 9.59 Å². The van der Waals surface area contributed by atoms with Gasteiger partial charge in [-0.1, -0.05) is 18.2 Å². The molecule has 2 heterocycles. The van der Waals surface area contributed by atoms with E-state index in [0.29, 0.717) is 23.5 Å². The predicted octanol–water partition coefficient (Wildman–Crippen LogP) is 1.75. The Balaban J connectivity index is 1.38. The Bertz CT molecular complexity index is 793. The minimum absolute atomic E-state index is 0.0355. The maximum atomic E-state index is 12.3. The highest BCUT2D eigenvalue weighted by Crippen LogP contribution is 2.29. The van der Waals surface area contributed by atoms with Gasteiger partial charge in [-0.05, 0) is 29.8 Å². The van der Waals surface area contributed by atoms with E-state index in [1.165, 1.54) is 0 Å². The van der Waals surface area contributed by atoms with Gasteiger partial charge < -0.3 is 20.1 Å². The highest BCUT2D eigenvalue weighted by Gasteiger charge is 2.23. The van der Waals surface area contributed by atoms with Gasteiger partial charge in [0.2, 0.25) is 0 Å². The first-order valence-corrected chi connectivity index (χ1v) is 7.78. The summed E-state index contributed by atoms with van der Waals surface area (Å²) in [6.07, 6.45) is 0.731. The fraction of sp³-hybridized carbons (Fsp3) is 0.222. The summed E-state index contributed by atoms with van der Waals surface area (Å²) >= 11 is 0. The Kier molecular flexibility index (Phi) is 3.57. The molecule has 0 bridgehead atoms. The van der Waals surface area contributed by atoms with Crippen molar-refractivity contribution in [3.05, 3.63) is 53.6 Å². The molecule has 122 valence electrons. The van der Waals surface area contributed by atoms with Crippen molar-refractivity contribution >= 4 is 17.5 Å². The number of ether oxygens (including phenoxy) is 2. The zero-order chi connectivity index (χ0) is 16.5. The first-order valence-electron chi connectivity index (χ1n) is 7.78. The normalized spacial score (nSPS) is 17.8. The van der Waals surface area contributed by atoms with Crippen LogP contribution in [0, 0.1) is 0 Å². The third kappa shape index (κ3) is 2.78. The molecule has 1 atom stereocenters. The number of fused-ring (bicyclic) bond motifs is 2. The lowest BCUT2D eigenvalue weighted by Gasteiger charge is -2.18. The van der Waals surface area contributed by atoms with Crippen molar-refractivity contribution in [1.82, 2.24) is 5.32 Å². The number of amides is 2. The fourth-order valence-corrected chi connectivity index (χ4v) is 2.89. The van der Waals surface area contributed by atoms with E-state index in [1.807, 2.05) is 24.3 Å². The third-order valence-electron chi connectivity index (χ3n) is 4.08. The smallest absolute Gasteiger partial charge is 0.262 e. The van der Waals surface area contributed by atoms with Crippen molar-refractivity contribution in [2.75, 3.05) is 18.5 Å². The van der Waals surface area contributed by atoms with E-state index in [-0.39, 0.29) is 24.5 Å². The van der Waals surface area contributed by atoms with E-state index < -0.39 is 0 Å². The molecule has 4 rings (SSSR count). The van der Waals surface area contributed by atoms with Gasteiger partial charge in [-0.15, -0.1) is 0 Å². The molecular weight excluding hydrogens is 308 g/mol. The van der Waals surface area contributed by atoms with Crippen molar-refractivity contribution in [2.24, 2.45) is 0 Å². The van der Waals surface area contributed by atoms with Crippen molar-refractivity contribution < 1.29 is 19.1 Å². The fourth-order valence-electron chi connectivity index (χ4n) is 2.89. The lowest BCUT2D eigenvalue weighted by atomic mass is 10.1. The van der Waals surface area contributed by atoms with Gasteiger partial charge in [0.15, 0.2) is 6.61 Å². The summed E-state index contributed by atoms with van der Waals surface area (Å²) in [5.41, 5.74) is 2.23. The van der Waals surface area contributed by atoms with Crippen molar-refractivity contribution in [2.45, 2.75) is 12.5 Å². The Morgan fingerprint density at radius 3 is 2.96 bits per heavy atom. The van der Waals surface area contributed by atoms with Crippen molar-refractivity contribution in [3.63, 3.8) is 0 Å². The number of anilines is 1. The van der Waals surface area contributed by atoms with Gasteiger partial charge in [-0.3, -0.25) is 9.59 Å². The van der Waals surface area contributed by atoms with Crippen molar-refractivity contribution in [3.8, 4) is 11.5 Å². The Labute approximate surface area is 138 Å². The summed E-state index contributed by atoms with van der Waals surface area (Å²) in [6.45, 7) is 0.397. The molecule has 2 N–H and O–H groups in total. The molecule has 2 amide bonds. The van der Waals surface area contributed by atoms with Crippen LogP contribution in [0.3, 0.4) is 0 Å². The molecule has 2 aliphatic rings. The Morgan fingerprint density at radius 2 is 2.08 bits per heavy atom. The van der Waals surface area contributed by atoms with Gasteiger partial charge in [0, 0.05) is 12.0 Å². The first-order chi connectivity index (χ1) is 11.7. The molecule has 6 heteroatoms. The number of carbonyl (C=O) groups excluding carboxylic acids is 2. The van der Waals surface area contributed by atoms with Crippen LogP contribution in [-0.4, -0.2) is 31.1 Å². The zero-order valence-corrected chi connectivity index (χ0v) is 12.9. The van der Waals surface area contributed by atoms with Gasteiger partial charge in [-0.2, -0.15) is 0 Å². The second-order valence-corrected chi connectivity index (χ2v) is 5.81. The molecule has 2 aliphatic heterocycles. The average Bonchev–Trinajstić information content (AvgIpc) is 3.02. The first kappa shape index (κ1) is 14.6. The van der Waals surface area contributed by atoms with E-state index in [0.717, 1.165) is 17.7 Å². The molecule has 0 spiro atoms. The summed E-state index contributed by atoms with van der Waals surface area (Å²) < 4.78 is 11.1. The third-order valence-corrected chi connectivity index (χ3v) is 4.08. The maximum Gasteiger partial charge on any atom is 0.262 e. The van der Waals surface area contributed by atoms with E-state index in [2.05, 4.69) is 10.6 Å². The van der Waals surface area contributed by atoms with E-state index >= 15 is 0 Å². The summed E-state index contributed by atoms with van der Waals surface area (Å²) in [6, 6.07) is 12.9. The van der Waals surface area contributed by atoms with Crippen LogP contribution in [0.15, 0.2) is 42.5 Å². The van der Waals surface area contributed by atoms with Gasteiger partial charge in [-0.25, -0.2) is 0 Å². The molecule has 0 saturated heterocycles. The molecule has 2 aromatic carbocycles. The maximum absolute atomic E-state index is 12.3. The van der Waals surface area contributed by atoms with Crippen LogP contribution in [-0.2, 0) is 11.2 Å². The number of rotatable bonds is 3. The molecule has 0 aromatic heterocycles. The monoisotopic (exact) mass is 324 g/mol. The topological polar surface area (TPSA) is 76.7 Å². The second kappa shape index (κ2) is 5.88. The van der Waals surface area contributed by atoms with Gasteiger partial charge in [0.25, 0.3) is 11.8 Å². The number of hydrogen-bond acceptors (Lipinski definition) is 4. The van der Waals surface area contributed by atoms with E-state index in [4.69, 9.17) is 9.47 Å². The van der Waals surface area contributed by atoms with Crippen LogP contribution in [0.1, 0.15) is 15.9 Å². The Hall–Kier alpha value is -3.02. The lowest BCUT2D eigenvalue weighted by molar-refractivity contribution is -0.118. The quantitative estimate of drug-likeness (QED) is 0.902. The molecule has 0 aliphatic carbocycles. The van der Waals surface area contributed by atoms with Gasteiger partial charge in [0.1, 0.15) is 17.6 Å². The molecule has 24 heavy (non-hydrogen) atoms. The molecule has 6 nitrogen and oxygen atoms in total. The van der Waals surface area contributed by atoms with E-state index in [1.54, 1.807) is 18.2 Å². The molecule has 2 aromatic rings. The molecular formula is C18H16N2O4. The summed E-state index contributed by atoms with van der Waals surface area (Å²) in [5.74, 6) is 0.997. The minimum atomic E-state index is -0.197. The van der Waals surface area contributed by atoms with Crippen LogP contribution in [0.4, 0.5) is 5.69 Å². The number of para-hydroxylation sites is 1. The van der Waals surface area contributed by atoms with Crippen LogP contribution in [0.25, 0.3) is 0 Å². The highest BCUT2D eigenvalue weighted by molar-refractivity contribution is 5.99. The SMILES string of the molecule is O=C1COc2cc(C(=O)NC[C@@H]3Cc4ccccc4O3)ccc2N1. The number of nitrogens with one attached hydrogen (secondary N) is 2. The zero-order valence-electron chi connectivity index (χ0n) is 12.9. The number of hydrogen-bond donors (Lipinski definition) is 2. The van der Waals surface area contributed by atoms with Crippen LogP contribution in [0.2, 0.25) is 0 Å². The minimum Gasteiger partial charge on any atom is -0.488 e. The summed E-state index contributed by atoms with van der Waals surface area (Å²) in [4.78, 5) is 23.6. The summed E-state index contributed by atoms with van der Waals surface area (Å²) in [7, 11) is 0. The largest absolute Gasteiger partial charge is 0.488 e. The molecule has 0 saturated carbocycles. The van der Waals surface area contributed by atoms with Crippen LogP contribution >= 0.6 is 0 Å². The molecule has 0 unspecified atom stereocenters. The van der Waals surface area contributed by atoms with Gasteiger partial charge >= 0.3 is 0 Å². The van der Waals surface area contributed by atoms with Crippen LogP contribution in [0.5, 0.6) is 11.5 Å². The average molecular weight is 324 g/mol. The second-order valence-electron chi connectivity index (χ2n) is 5.81.